The highest BCUT2D eigenvalue weighted by Crippen LogP contribution is 2.36. The van der Waals surface area contributed by atoms with Crippen molar-refractivity contribution in [2.24, 2.45) is 0 Å². The SMILES string of the molecule is Nc1nc(C(=O)O)sc1C1N[C@H](C(=O)O)Cc2ccccc21. The fraction of sp³-hybridized carbons (Fsp3) is 0.214. The summed E-state index contributed by atoms with van der Waals surface area (Å²) < 4.78 is 0. The molecule has 2 atom stereocenters. The third kappa shape index (κ3) is 2.42. The highest BCUT2D eigenvalue weighted by Gasteiger charge is 2.33. The molecule has 1 aliphatic heterocycles. The van der Waals surface area contributed by atoms with E-state index < -0.39 is 24.0 Å². The zero-order chi connectivity index (χ0) is 15.9. The molecule has 5 N–H and O–H groups in total. The molecule has 0 saturated carbocycles. The van der Waals surface area contributed by atoms with Gasteiger partial charge >= 0.3 is 11.9 Å². The van der Waals surface area contributed by atoms with Crippen molar-refractivity contribution in [3.63, 3.8) is 0 Å². The van der Waals surface area contributed by atoms with E-state index in [4.69, 9.17) is 10.8 Å². The molecule has 0 spiro atoms. The van der Waals surface area contributed by atoms with Gasteiger partial charge in [-0.15, -0.1) is 11.3 Å². The molecule has 1 aromatic heterocycles. The fourth-order valence-electron chi connectivity index (χ4n) is 2.59. The zero-order valence-electron chi connectivity index (χ0n) is 11.3. The minimum Gasteiger partial charge on any atom is -0.480 e. The summed E-state index contributed by atoms with van der Waals surface area (Å²) in [7, 11) is 0. The smallest absolute Gasteiger partial charge is 0.365 e. The number of nitrogens with zero attached hydrogens (tertiary/aromatic N) is 1. The number of nitrogens with two attached hydrogens (primary N) is 1. The number of thiazole rings is 1. The number of aliphatic carboxylic acids is 1. The molecule has 0 bridgehead atoms. The number of benzene rings is 1. The molecule has 1 aromatic carbocycles. The second kappa shape index (κ2) is 5.39. The first kappa shape index (κ1) is 14.5. The minimum absolute atomic E-state index is 0.107. The normalized spacial score (nSPS) is 20.4. The molecule has 0 fully saturated rings. The maximum absolute atomic E-state index is 11.3. The Morgan fingerprint density at radius 1 is 1.32 bits per heavy atom. The van der Waals surface area contributed by atoms with Crippen LogP contribution in [-0.2, 0) is 11.2 Å². The predicted molar refractivity (Wildman–Crippen MR) is 80.0 cm³/mol. The number of hydrogen-bond donors (Lipinski definition) is 4. The number of carboxylic acids is 2. The van der Waals surface area contributed by atoms with Gasteiger partial charge in [-0.2, -0.15) is 0 Å². The average Bonchev–Trinajstić information content (AvgIpc) is 2.88. The monoisotopic (exact) mass is 319 g/mol. The van der Waals surface area contributed by atoms with Crippen LogP contribution in [0.4, 0.5) is 5.82 Å². The summed E-state index contributed by atoms with van der Waals surface area (Å²) in [5.74, 6) is -2.00. The lowest BCUT2D eigenvalue weighted by Crippen LogP contribution is -2.44. The first-order chi connectivity index (χ1) is 10.5. The van der Waals surface area contributed by atoms with Crippen molar-refractivity contribution in [1.29, 1.82) is 0 Å². The highest BCUT2D eigenvalue weighted by molar-refractivity contribution is 7.14. The third-order valence-electron chi connectivity index (χ3n) is 3.58. The van der Waals surface area contributed by atoms with E-state index in [2.05, 4.69) is 10.3 Å². The molecule has 1 unspecified atom stereocenters. The summed E-state index contributed by atoms with van der Waals surface area (Å²) in [5.41, 5.74) is 7.64. The van der Waals surface area contributed by atoms with E-state index in [0.29, 0.717) is 11.3 Å². The summed E-state index contributed by atoms with van der Waals surface area (Å²) in [5, 5.41) is 21.2. The van der Waals surface area contributed by atoms with Gasteiger partial charge in [0.1, 0.15) is 11.9 Å². The number of aromatic carboxylic acids is 1. The van der Waals surface area contributed by atoms with Crippen molar-refractivity contribution in [3.05, 3.63) is 45.3 Å². The Hall–Kier alpha value is -2.45. The zero-order valence-corrected chi connectivity index (χ0v) is 12.1. The van der Waals surface area contributed by atoms with Crippen LogP contribution in [-0.4, -0.2) is 33.2 Å². The summed E-state index contributed by atoms with van der Waals surface area (Å²) >= 11 is 0.960. The predicted octanol–water partition coefficient (Wildman–Crippen LogP) is 1.11. The Bertz CT molecular complexity index is 758. The molecule has 8 heteroatoms. The van der Waals surface area contributed by atoms with Crippen LogP contribution >= 0.6 is 11.3 Å². The lowest BCUT2D eigenvalue weighted by Gasteiger charge is -2.30. The van der Waals surface area contributed by atoms with Gasteiger partial charge in [-0.05, 0) is 17.5 Å². The molecule has 1 aliphatic rings. The number of fused-ring (bicyclic) bond motifs is 1. The van der Waals surface area contributed by atoms with Crippen LogP contribution in [0.3, 0.4) is 0 Å². The van der Waals surface area contributed by atoms with Crippen LogP contribution in [0, 0.1) is 0 Å². The van der Waals surface area contributed by atoms with Crippen LogP contribution in [0.25, 0.3) is 0 Å². The molecule has 0 aliphatic carbocycles. The average molecular weight is 319 g/mol. The van der Waals surface area contributed by atoms with E-state index in [1.54, 1.807) is 0 Å². The number of carbonyl (C=O) groups is 2. The quantitative estimate of drug-likeness (QED) is 0.667. The van der Waals surface area contributed by atoms with E-state index in [0.717, 1.165) is 22.5 Å². The number of carboxylic acid groups (broad SMARTS) is 2. The molecular formula is C14H13N3O4S. The Kier molecular flexibility index (Phi) is 3.55. The second-order valence-electron chi connectivity index (χ2n) is 4.97. The first-order valence-electron chi connectivity index (χ1n) is 6.53. The van der Waals surface area contributed by atoms with E-state index >= 15 is 0 Å². The summed E-state index contributed by atoms with van der Waals surface area (Å²) in [6.45, 7) is 0. The van der Waals surface area contributed by atoms with E-state index in [9.17, 15) is 14.7 Å². The molecule has 22 heavy (non-hydrogen) atoms. The van der Waals surface area contributed by atoms with Crippen LogP contribution in [0.5, 0.6) is 0 Å². The standard InChI is InChI=1S/C14H13N3O4S/c15-11-10(22-12(17-11)14(20)21)9-7-4-2-1-3-6(7)5-8(16-9)13(18)19/h1-4,8-9,16H,5,15H2,(H,18,19)(H,20,21)/t8-,9?/m0/s1. The van der Waals surface area contributed by atoms with Crippen molar-refractivity contribution in [2.45, 2.75) is 18.5 Å². The molecule has 0 saturated heterocycles. The topological polar surface area (TPSA) is 126 Å². The van der Waals surface area contributed by atoms with E-state index in [1.807, 2.05) is 24.3 Å². The van der Waals surface area contributed by atoms with Gasteiger partial charge in [0.15, 0.2) is 0 Å². The molecule has 0 radical (unpaired) electrons. The van der Waals surface area contributed by atoms with Gasteiger partial charge in [-0.3, -0.25) is 10.1 Å². The number of nitrogens with one attached hydrogen (secondary N) is 1. The Balaban J connectivity index is 2.09. The number of nitrogen functional groups attached to an aromatic ring is 1. The second-order valence-corrected chi connectivity index (χ2v) is 6.00. The van der Waals surface area contributed by atoms with Crippen molar-refractivity contribution in [2.75, 3.05) is 5.73 Å². The molecule has 3 rings (SSSR count). The Morgan fingerprint density at radius 2 is 2.05 bits per heavy atom. The Morgan fingerprint density at radius 3 is 2.68 bits per heavy atom. The molecular weight excluding hydrogens is 306 g/mol. The van der Waals surface area contributed by atoms with Gasteiger partial charge in [0.25, 0.3) is 0 Å². The van der Waals surface area contributed by atoms with Crippen LogP contribution < -0.4 is 11.1 Å². The van der Waals surface area contributed by atoms with E-state index in [-0.39, 0.29) is 10.8 Å². The summed E-state index contributed by atoms with van der Waals surface area (Å²) in [4.78, 5) is 26.7. The Labute approximate surface area is 129 Å². The molecule has 0 amide bonds. The van der Waals surface area contributed by atoms with Gasteiger partial charge in [0.2, 0.25) is 5.01 Å². The van der Waals surface area contributed by atoms with Crippen molar-refractivity contribution in [3.8, 4) is 0 Å². The number of hydrogen-bond acceptors (Lipinski definition) is 6. The lowest BCUT2D eigenvalue weighted by molar-refractivity contribution is -0.139. The molecule has 2 heterocycles. The summed E-state index contributed by atoms with van der Waals surface area (Å²) in [6.07, 6.45) is 0.368. The minimum atomic E-state index is -1.15. The number of aromatic nitrogens is 1. The van der Waals surface area contributed by atoms with E-state index in [1.165, 1.54) is 0 Å². The van der Waals surface area contributed by atoms with Crippen LogP contribution in [0.1, 0.15) is 31.8 Å². The largest absolute Gasteiger partial charge is 0.480 e. The van der Waals surface area contributed by atoms with Crippen molar-refractivity contribution < 1.29 is 19.8 Å². The number of rotatable bonds is 3. The van der Waals surface area contributed by atoms with Gasteiger partial charge in [-0.1, -0.05) is 24.3 Å². The molecule has 114 valence electrons. The summed E-state index contributed by atoms with van der Waals surface area (Å²) in [6, 6.07) is 6.22. The van der Waals surface area contributed by atoms with Crippen LogP contribution in [0.15, 0.2) is 24.3 Å². The highest BCUT2D eigenvalue weighted by atomic mass is 32.1. The van der Waals surface area contributed by atoms with Crippen molar-refractivity contribution >= 4 is 29.1 Å². The first-order valence-corrected chi connectivity index (χ1v) is 7.35. The number of anilines is 1. The van der Waals surface area contributed by atoms with Gasteiger partial charge < -0.3 is 15.9 Å². The lowest BCUT2D eigenvalue weighted by atomic mass is 9.89. The van der Waals surface area contributed by atoms with Crippen LogP contribution in [0.2, 0.25) is 0 Å². The van der Waals surface area contributed by atoms with Gasteiger partial charge in [0, 0.05) is 0 Å². The fourth-order valence-corrected chi connectivity index (χ4v) is 3.49. The van der Waals surface area contributed by atoms with Gasteiger partial charge in [-0.25, -0.2) is 9.78 Å². The third-order valence-corrected chi connectivity index (χ3v) is 4.71. The van der Waals surface area contributed by atoms with Crippen molar-refractivity contribution in [1.82, 2.24) is 10.3 Å². The molecule has 7 nitrogen and oxygen atoms in total. The maximum atomic E-state index is 11.3. The van der Waals surface area contributed by atoms with Gasteiger partial charge in [0.05, 0.1) is 10.9 Å². The maximum Gasteiger partial charge on any atom is 0.365 e. The molecule has 2 aromatic rings.